The summed E-state index contributed by atoms with van der Waals surface area (Å²) >= 11 is 0. The highest BCUT2D eigenvalue weighted by Crippen LogP contribution is 2.37. The largest absolute Gasteiger partial charge is 0.501 e. The molecule has 2 unspecified atom stereocenters. The van der Waals surface area contributed by atoms with Crippen molar-refractivity contribution in [2.24, 2.45) is 5.92 Å². The Bertz CT molecular complexity index is 766. The Morgan fingerprint density at radius 1 is 1.36 bits per heavy atom. The Balaban J connectivity index is 2.46. The van der Waals surface area contributed by atoms with Gasteiger partial charge in [0.05, 0.1) is 15.9 Å². The Labute approximate surface area is 142 Å². The van der Waals surface area contributed by atoms with Crippen LogP contribution in [0.3, 0.4) is 0 Å². The molecule has 0 aromatic heterocycles. The number of piperidine rings is 1. The average Bonchev–Trinajstić information content (AvgIpc) is 2.53. The van der Waals surface area contributed by atoms with E-state index in [1.165, 1.54) is 7.11 Å². The molecular formula is C14H17F3N2O5S. The summed E-state index contributed by atoms with van der Waals surface area (Å²) in [4.78, 5) is 10.9. The number of ether oxygens (including phenoxy) is 1. The number of sulfone groups is 1. The number of alkyl halides is 3. The van der Waals surface area contributed by atoms with Gasteiger partial charge >= 0.3 is 5.51 Å². The van der Waals surface area contributed by atoms with Crippen molar-refractivity contribution in [2.75, 3.05) is 25.1 Å². The number of anilines is 1. The Morgan fingerprint density at radius 3 is 2.52 bits per heavy atom. The van der Waals surface area contributed by atoms with Gasteiger partial charge in [-0.2, -0.15) is 13.2 Å². The van der Waals surface area contributed by atoms with Gasteiger partial charge in [-0.15, -0.1) is 0 Å². The zero-order chi connectivity index (χ0) is 19.0. The van der Waals surface area contributed by atoms with Crippen molar-refractivity contribution in [2.45, 2.75) is 29.9 Å². The number of benzene rings is 1. The molecule has 0 amide bonds. The molecule has 0 radical (unpaired) electrons. The van der Waals surface area contributed by atoms with Gasteiger partial charge in [0, 0.05) is 26.3 Å². The van der Waals surface area contributed by atoms with Gasteiger partial charge in [-0.3, -0.25) is 10.1 Å². The van der Waals surface area contributed by atoms with Gasteiger partial charge in [0.25, 0.3) is 15.5 Å². The third-order valence-corrected chi connectivity index (χ3v) is 5.78. The monoisotopic (exact) mass is 382 g/mol. The third-order valence-electron chi connectivity index (χ3n) is 4.29. The molecule has 0 aliphatic carbocycles. The molecule has 1 aliphatic heterocycles. The minimum atomic E-state index is -5.65. The van der Waals surface area contributed by atoms with Crippen molar-refractivity contribution < 1.29 is 31.2 Å². The molecule has 2 rings (SSSR count). The molecule has 11 heteroatoms. The maximum atomic E-state index is 12.7. The van der Waals surface area contributed by atoms with E-state index in [-0.39, 0.29) is 17.7 Å². The van der Waals surface area contributed by atoms with E-state index in [2.05, 4.69) is 0 Å². The summed E-state index contributed by atoms with van der Waals surface area (Å²) in [6.07, 6.45) is 0.491. The second-order valence-electron chi connectivity index (χ2n) is 5.84. The summed E-state index contributed by atoms with van der Waals surface area (Å²) in [7, 11) is -4.14. The maximum Gasteiger partial charge on any atom is 0.501 e. The zero-order valence-corrected chi connectivity index (χ0v) is 14.3. The van der Waals surface area contributed by atoms with Gasteiger partial charge in [0.2, 0.25) is 0 Å². The number of rotatable bonds is 4. The van der Waals surface area contributed by atoms with Crippen LogP contribution in [0.25, 0.3) is 0 Å². The maximum absolute atomic E-state index is 12.7. The number of nitro groups is 1. The predicted molar refractivity (Wildman–Crippen MR) is 83.1 cm³/mol. The van der Waals surface area contributed by atoms with Crippen LogP contribution in [-0.4, -0.2) is 45.2 Å². The standard InChI is InChI=1S/C14H17F3N2O5S/c1-9-5-6-18(8-13(9)24-2)11-4-3-10(7-12(11)19(20)21)25(22,23)14(15,16)17/h3-4,7,9,13H,5-6,8H2,1-2H3. The first-order valence-electron chi connectivity index (χ1n) is 7.36. The molecule has 0 N–H and O–H groups in total. The molecule has 25 heavy (non-hydrogen) atoms. The summed E-state index contributed by atoms with van der Waals surface area (Å²) in [6.45, 7) is 2.75. The van der Waals surface area contributed by atoms with Crippen molar-refractivity contribution in [3.63, 3.8) is 0 Å². The third kappa shape index (κ3) is 3.71. The average molecular weight is 382 g/mol. The van der Waals surface area contributed by atoms with Gasteiger partial charge in [-0.25, -0.2) is 8.42 Å². The molecule has 0 saturated carbocycles. The molecule has 1 aromatic rings. The second-order valence-corrected chi connectivity index (χ2v) is 7.78. The van der Waals surface area contributed by atoms with E-state index in [4.69, 9.17) is 4.74 Å². The fraction of sp³-hybridized carbons (Fsp3) is 0.571. The molecule has 0 bridgehead atoms. The van der Waals surface area contributed by atoms with E-state index in [9.17, 15) is 31.7 Å². The van der Waals surface area contributed by atoms with E-state index in [0.29, 0.717) is 25.6 Å². The van der Waals surface area contributed by atoms with Gasteiger partial charge in [0.1, 0.15) is 5.69 Å². The van der Waals surface area contributed by atoms with Crippen molar-refractivity contribution in [1.29, 1.82) is 0 Å². The van der Waals surface area contributed by atoms with Crippen LogP contribution in [0.1, 0.15) is 13.3 Å². The van der Waals surface area contributed by atoms with Gasteiger partial charge in [-0.05, 0) is 24.5 Å². The fourth-order valence-electron chi connectivity index (χ4n) is 2.78. The molecule has 0 spiro atoms. The van der Waals surface area contributed by atoms with Crippen LogP contribution in [0.2, 0.25) is 0 Å². The molecule has 1 saturated heterocycles. The Morgan fingerprint density at radius 2 is 2.00 bits per heavy atom. The van der Waals surface area contributed by atoms with Crippen LogP contribution in [-0.2, 0) is 14.6 Å². The Hall–Kier alpha value is -1.88. The number of hydrogen-bond acceptors (Lipinski definition) is 6. The van der Waals surface area contributed by atoms with Crippen LogP contribution < -0.4 is 4.90 Å². The van der Waals surface area contributed by atoms with E-state index in [0.717, 1.165) is 12.1 Å². The van der Waals surface area contributed by atoms with Crippen LogP contribution in [0, 0.1) is 16.0 Å². The molecule has 1 heterocycles. The first kappa shape index (κ1) is 19.4. The van der Waals surface area contributed by atoms with Gasteiger partial charge in [-0.1, -0.05) is 6.92 Å². The second kappa shape index (κ2) is 6.79. The summed E-state index contributed by atoms with van der Waals surface area (Å²) in [5.41, 5.74) is -6.14. The molecule has 1 aliphatic rings. The van der Waals surface area contributed by atoms with Gasteiger partial charge in [0.15, 0.2) is 0 Å². The lowest BCUT2D eigenvalue weighted by molar-refractivity contribution is -0.384. The topological polar surface area (TPSA) is 89.8 Å². The van der Waals surface area contributed by atoms with E-state index in [1.807, 2.05) is 6.92 Å². The van der Waals surface area contributed by atoms with E-state index in [1.54, 1.807) is 4.90 Å². The first-order chi connectivity index (χ1) is 11.5. The highest BCUT2D eigenvalue weighted by molar-refractivity contribution is 7.92. The first-order valence-corrected chi connectivity index (χ1v) is 8.85. The lowest BCUT2D eigenvalue weighted by atomic mass is 9.95. The van der Waals surface area contributed by atoms with Gasteiger partial charge < -0.3 is 9.64 Å². The SMILES string of the molecule is COC1CN(c2ccc(S(=O)(=O)C(F)(F)F)cc2[N+](=O)[O-])CCC1C. The minimum Gasteiger partial charge on any atom is -0.379 e. The van der Waals surface area contributed by atoms with Crippen LogP contribution in [0.4, 0.5) is 24.5 Å². The van der Waals surface area contributed by atoms with Crippen molar-refractivity contribution in [1.82, 2.24) is 0 Å². The normalized spacial score (nSPS) is 22.0. The molecule has 1 fully saturated rings. The Kier molecular flexibility index (Phi) is 5.28. The van der Waals surface area contributed by atoms with Crippen molar-refractivity contribution in [3.8, 4) is 0 Å². The minimum absolute atomic E-state index is 0.0695. The number of nitrogens with zero attached hydrogens (tertiary/aromatic N) is 2. The molecular weight excluding hydrogens is 365 g/mol. The van der Waals surface area contributed by atoms with E-state index >= 15 is 0 Å². The quantitative estimate of drug-likeness (QED) is 0.588. The smallest absolute Gasteiger partial charge is 0.379 e. The summed E-state index contributed by atoms with van der Waals surface area (Å²) in [6, 6.07) is 2.24. The molecule has 1 aromatic carbocycles. The molecule has 140 valence electrons. The number of methoxy groups -OCH3 is 1. The number of halogens is 3. The van der Waals surface area contributed by atoms with Crippen molar-refractivity contribution >= 4 is 21.2 Å². The number of nitro benzene ring substituents is 1. The summed E-state index contributed by atoms with van der Waals surface area (Å²) in [5.74, 6) is 0.227. The van der Waals surface area contributed by atoms with Crippen molar-refractivity contribution in [3.05, 3.63) is 28.3 Å². The number of hydrogen-bond donors (Lipinski definition) is 0. The molecule has 7 nitrogen and oxygen atoms in total. The summed E-state index contributed by atoms with van der Waals surface area (Å²) < 4.78 is 66.3. The van der Waals surface area contributed by atoms with Crippen LogP contribution >= 0.6 is 0 Å². The zero-order valence-electron chi connectivity index (χ0n) is 13.5. The summed E-state index contributed by atoms with van der Waals surface area (Å²) in [5, 5.41) is 11.3. The lowest BCUT2D eigenvalue weighted by Gasteiger charge is -2.37. The highest BCUT2D eigenvalue weighted by atomic mass is 32.2. The lowest BCUT2D eigenvalue weighted by Crippen LogP contribution is -2.44. The van der Waals surface area contributed by atoms with E-state index < -0.39 is 30.9 Å². The predicted octanol–water partition coefficient (Wildman–Crippen LogP) is 2.75. The van der Waals surface area contributed by atoms with Crippen LogP contribution in [0.15, 0.2) is 23.1 Å². The fourth-order valence-corrected chi connectivity index (χ4v) is 3.56. The van der Waals surface area contributed by atoms with Crippen LogP contribution in [0.5, 0.6) is 0 Å². The molecule has 2 atom stereocenters. The highest BCUT2D eigenvalue weighted by Gasteiger charge is 2.47.